The first-order chi connectivity index (χ1) is 12.9. The predicted molar refractivity (Wildman–Crippen MR) is 103 cm³/mol. The van der Waals surface area contributed by atoms with E-state index in [0.29, 0.717) is 28.6 Å². The van der Waals surface area contributed by atoms with Crippen LogP contribution in [0, 0.1) is 0 Å². The van der Waals surface area contributed by atoms with Crippen LogP contribution in [0.5, 0.6) is 11.5 Å². The van der Waals surface area contributed by atoms with Crippen LogP contribution in [0.2, 0.25) is 0 Å². The second-order valence-corrected chi connectivity index (χ2v) is 6.87. The van der Waals surface area contributed by atoms with E-state index in [9.17, 15) is 14.4 Å². The van der Waals surface area contributed by atoms with E-state index in [4.69, 9.17) is 14.2 Å². The molecule has 146 valence electrons. The van der Waals surface area contributed by atoms with Gasteiger partial charge in [-0.2, -0.15) is 0 Å². The molecule has 1 aromatic rings. The first-order valence-electron chi connectivity index (χ1n) is 8.69. The van der Waals surface area contributed by atoms with Gasteiger partial charge in [0.1, 0.15) is 0 Å². The molecule has 1 heterocycles. The number of ether oxygens (including phenoxy) is 3. The van der Waals surface area contributed by atoms with Crippen molar-refractivity contribution in [3.05, 3.63) is 28.7 Å². The Balaban J connectivity index is 2.21. The summed E-state index contributed by atoms with van der Waals surface area (Å²) >= 11 is 0.913. The van der Waals surface area contributed by atoms with Crippen LogP contribution in [0.15, 0.2) is 23.1 Å². The maximum absolute atomic E-state index is 12.4. The first-order valence-corrected chi connectivity index (χ1v) is 9.51. The molecule has 2 rings (SSSR count). The summed E-state index contributed by atoms with van der Waals surface area (Å²) in [4.78, 5) is 37.4. The molecule has 0 N–H and O–H groups in total. The third-order valence-corrected chi connectivity index (χ3v) is 4.44. The largest absolute Gasteiger partial charge is 0.490 e. The molecule has 0 radical (unpaired) electrons. The molecule has 0 saturated carbocycles. The lowest BCUT2D eigenvalue weighted by atomic mass is 10.1. The summed E-state index contributed by atoms with van der Waals surface area (Å²) in [6, 6.07) is 4.89. The number of hydrogen-bond donors (Lipinski definition) is 0. The van der Waals surface area contributed by atoms with E-state index in [1.165, 1.54) is 4.90 Å². The fraction of sp³-hybridized carbons (Fsp3) is 0.421. The van der Waals surface area contributed by atoms with Gasteiger partial charge >= 0.3 is 5.97 Å². The maximum Gasteiger partial charge on any atom is 0.344 e. The van der Waals surface area contributed by atoms with Crippen LogP contribution in [0.3, 0.4) is 0 Å². The lowest BCUT2D eigenvalue weighted by molar-refractivity contribution is -0.145. The quantitative estimate of drug-likeness (QED) is 0.494. The van der Waals surface area contributed by atoms with Crippen molar-refractivity contribution < 1.29 is 28.6 Å². The van der Waals surface area contributed by atoms with Gasteiger partial charge in [-0.3, -0.25) is 14.5 Å². The van der Waals surface area contributed by atoms with Crippen molar-refractivity contribution in [2.75, 3.05) is 19.8 Å². The van der Waals surface area contributed by atoms with E-state index < -0.39 is 5.97 Å². The number of nitrogens with zero attached hydrogens (tertiary/aromatic N) is 1. The Morgan fingerprint density at radius 3 is 2.48 bits per heavy atom. The molecule has 0 unspecified atom stereocenters. The number of thioether (sulfide) groups is 1. The number of hydrogen-bond acceptors (Lipinski definition) is 7. The van der Waals surface area contributed by atoms with Crippen molar-refractivity contribution in [3.63, 3.8) is 0 Å². The second-order valence-electron chi connectivity index (χ2n) is 5.88. The molecular weight excluding hydrogens is 370 g/mol. The number of amides is 2. The van der Waals surface area contributed by atoms with E-state index in [1.54, 1.807) is 45.0 Å². The number of carbonyl (C=O) groups excluding carboxylic acids is 3. The summed E-state index contributed by atoms with van der Waals surface area (Å²) in [5.74, 6) is 0.0722. The van der Waals surface area contributed by atoms with Crippen molar-refractivity contribution in [2.45, 2.75) is 33.7 Å². The minimum Gasteiger partial charge on any atom is -0.490 e. The van der Waals surface area contributed by atoms with Crippen LogP contribution < -0.4 is 9.47 Å². The molecule has 1 saturated heterocycles. The normalized spacial score (nSPS) is 15.6. The predicted octanol–water partition coefficient (Wildman–Crippen LogP) is 3.47. The molecule has 0 aromatic heterocycles. The molecule has 27 heavy (non-hydrogen) atoms. The van der Waals surface area contributed by atoms with Gasteiger partial charge in [-0.15, -0.1) is 0 Å². The standard InChI is InChI=1S/C19H23NO6S/c1-5-24-15-9-13(7-8-14(15)26-11-17(21)25-6-2)10-16-18(22)20(12(3)4)19(23)27-16/h7-10,12H,5-6,11H2,1-4H3/b16-10+. The third kappa shape index (κ3) is 5.26. The van der Waals surface area contributed by atoms with Gasteiger partial charge in [0.25, 0.3) is 11.1 Å². The van der Waals surface area contributed by atoms with Crippen molar-refractivity contribution in [1.29, 1.82) is 0 Å². The number of carbonyl (C=O) groups is 3. The molecule has 8 heteroatoms. The highest BCUT2D eigenvalue weighted by atomic mass is 32.2. The minimum absolute atomic E-state index is 0.193. The molecule has 0 spiro atoms. The molecule has 2 amide bonds. The number of benzene rings is 1. The Kier molecular flexibility index (Phi) is 7.29. The van der Waals surface area contributed by atoms with Crippen molar-refractivity contribution in [2.24, 2.45) is 0 Å². The van der Waals surface area contributed by atoms with Gasteiger partial charge in [0.2, 0.25) is 0 Å². The smallest absolute Gasteiger partial charge is 0.344 e. The zero-order valence-corrected chi connectivity index (χ0v) is 16.6. The van der Waals surface area contributed by atoms with Crippen LogP contribution in [-0.2, 0) is 14.3 Å². The number of imide groups is 1. The zero-order valence-electron chi connectivity index (χ0n) is 15.8. The fourth-order valence-electron chi connectivity index (χ4n) is 2.42. The van der Waals surface area contributed by atoms with Gasteiger partial charge in [0.05, 0.1) is 18.1 Å². The molecule has 0 aliphatic carbocycles. The van der Waals surface area contributed by atoms with E-state index in [-0.39, 0.29) is 30.4 Å². The highest BCUT2D eigenvalue weighted by molar-refractivity contribution is 8.18. The molecule has 0 bridgehead atoms. The molecule has 7 nitrogen and oxygen atoms in total. The lowest BCUT2D eigenvalue weighted by Gasteiger charge is -2.16. The van der Waals surface area contributed by atoms with Crippen molar-refractivity contribution in [1.82, 2.24) is 4.90 Å². The SMILES string of the molecule is CCOC(=O)COc1ccc(/C=C2/SC(=O)N(C(C)C)C2=O)cc1OCC. The molecule has 1 aliphatic heterocycles. The Hall–Kier alpha value is -2.48. The second kappa shape index (κ2) is 9.45. The monoisotopic (exact) mass is 393 g/mol. The molecule has 0 atom stereocenters. The lowest BCUT2D eigenvalue weighted by Crippen LogP contribution is -2.34. The van der Waals surface area contributed by atoms with Gasteiger partial charge in [-0.25, -0.2) is 4.79 Å². The van der Waals surface area contributed by atoms with Crippen LogP contribution in [0.4, 0.5) is 4.79 Å². The summed E-state index contributed by atoms with van der Waals surface area (Å²) < 4.78 is 15.9. The Bertz CT molecular complexity index is 759. The van der Waals surface area contributed by atoms with Crippen LogP contribution in [0.1, 0.15) is 33.3 Å². The van der Waals surface area contributed by atoms with Gasteiger partial charge in [-0.05, 0) is 63.2 Å². The summed E-state index contributed by atoms with van der Waals surface area (Å²) in [6.07, 6.45) is 1.64. The highest BCUT2D eigenvalue weighted by Crippen LogP contribution is 2.35. The van der Waals surface area contributed by atoms with E-state index in [0.717, 1.165) is 11.8 Å². The van der Waals surface area contributed by atoms with Crippen LogP contribution in [-0.4, -0.2) is 47.9 Å². The summed E-state index contributed by atoms with van der Waals surface area (Å²) in [7, 11) is 0. The van der Waals surface area contributed by atoms with Crippen molar-refractivity contribution in [3.8, 4) is 11.5 Å². The first kappa shape index (κ1) is 20.8. The van der Waals surface area contributed by atoms with E-state index >= 15 is 0 Å². The van der Waals surface area contributed by atoms with Gasteiger partial charge in [0, 0.05) is 6.04 Å². The maximum atomic E-state index is 12.4. The zero-order chi connectivity index (χ0) is 20.0. The van der Waals surface area contributed by atoms with Crippen LogP contribution in [0.25, 0.3) is 6.08 Å². The molecule has 1 aromatic carbocycles. The molecule has 1 fully saturated rings. The minimum atomic E-state index is -0.466. The summed E-state index contributed by atoms with van der Waals surface area (Å²) in [6.45, 7) is 7.61. The molecule has 1 aliphatic rings. The van der Waals surface area contributed by atoms with Gasteiger partial charge in [-0.1, -0.05) is 6.07 Å². The van der Waals surface area contributed by atoms with Crippen molar-refractivity contribution >= 4 is 35.0 Å². The average Bonchev–Trinajstić information content (AvgIpc) is 2.88. The number of rotatable bonds is 8. The Morgan fingerprint density at radius 2 is 1.89 bits per heavy atom. The Morgan fingerprint density at radius 1 is 1.15 bits per heavy atom. The Labute approximate surface area is 162 Å². The average molecular weight is 393 g/mol. The summed E-state index contributed by atoms with van der Waals surface area (Å²) in [5, 5.41) is -0.277. The topological polar surface area (TPSA) is 82.1 Å². The van der Waals surface area contributed by atoms with E-state index in [1.807, 2.05) is 6.92 Å². The highest BCUT2D eigenvalue weighted by Gasteiger charge is 2.36. The van der Waals surface area contributed by atoms with Gasteiger partial charge in [0.15, 0.2) is 18.1 Å². The van der Waals surface area contributed by atoms with Crippen LogP contribution >= 0.6 is 11.8 Å². The van der Waals surface area contributed by atoms with E-state index in [2.05, 4.69) is 0 Å². The fourth-order valence-corrected chi connectivity index (χ4v) is 3.38. The third-order valence-electron chi connectivity index (χ3n) is 3.56. The van der Waals surface area contributed by atoms with Gasteiger partial charge < -0.3 is 14.2 Å². The number of esters is 1. The molecular formula is C19H23NO6S. The summed E-state index contributed by atoms with van der Waals surface area (Å²) in [5.41, 5.74) is 0.691.